The molecule has 1 amide bonds. The van der Waals surface area contributed by atoms with Crippen LogP contribution in [0.4, 0.5) is 5.69 Å². The van der Waals surface area contributed by atoms with Crippen molar-refractivity contribution in [3.05, 3.63) is 41.3 Å². The van der Waals surface area contributed by atoms with E-state index in [1.165, 1.54) is 0 Å². The molecule has 0 aliphatic rings. The lowest BCUT2D eigenvalue weighted by Crippen LogP contribution is -2.12. The zero-order valence-corrected chi connectivity index (χ0v) is 16.1. The molecule has 0 saturated heterocycles. The molecule has 27 heavy (non-hydrogen) atoms. The molecular formula is C19H23N5O3. The molecule has 1 aromatic carbocycles. The van der Waals surface area contributed by atoms with E-state index >= 15 is 0 Å². The second-order valence-corrected chi connectivity index (χ2v) is 6.09. The van der Waals surface area contributed by atoms with Gasteiger partial charge in [-0.15, -0.1) is 0 Å². The quantitative estimate of drug-likeness (QED) is 0.696. The van der Waals surface area contributed by atoms with Crippen LogP contribution in [-0.2, 0) is 7.05 Å². The Balaban J connectivity index is 1.81. The van der Waals surface area contributed by atoms with Crippen molar-refractivity contribution in [1.82, 2.24) is 20.0 Å². The molecule has 8 heteroatoms. The summed E-state index contributed by atoms with van der Waals surface area (Å²) in [6, 6.07) is 6.96. The van der Waals surface area contributed by atoms with Crippen LogP contribution >= 0.6 is 0 Å². The average molecular weight is 369 g/mol. The fraction of sp³-hybridized carbons (Fsp3) is 0.316. The third-order valence-corrected chi connectivity index (χ3v) is 4.31. The zero-order chi connectivity index (χ0) is 19.6. The minimum atomic E-state index is -0.292. The molecule has 2 aromatic heterocycles. The predicted octanol–water partition coefficient (Wildman–Crippen LogP) is 3.09. The van der Waals surface area contributed by atoms with Gasteiger partial charge in [0.1, 0.15) is 5.69 Å². The van der Waals surface area contributed by atoms with Crippen molar-refractivity contribution >= 4 is 11.6 Å². The second-order valence-electron chi connectivity index (χ2n) is 6.09. The highest BCUT2D eigenvalue weighted by atomic mass is 16.5. The van der Waals surface area contributed by atoms with Gasteiger partial charge in [-0.2, -0.15) is 10.2 Å². The fourth-order valence-electron chi connectivity index (χ4n) is 2.93. The monoisotopic (exact) mass is 369 g/mol. The van der Waals surface area contributed by atoms with Crippen LogP contribution < -0.4 is 14.8 Å². The van der Waals surface area contributed by atoms with E-state index in [2.05, 4.69) is 20.6 Å². The third-order valence-electron chi connectivity index (χ3n) is 4.31. The van der Waals surface area contributed by atoms with Crippen LogP contribution in [0.5, 0.6) is 11.5 Å². The van der Waals surface area contributed by atoms with Crippen molar-refractivity contribution < 1.29 is 14.3 Å². The van der Waals surface area contributed by atoms with Crippen molar-refractivity contribution in [3.8, 4) is 22.8 Å². The average Bonchev–Trinajstić information content (AvgIpc) is 3.21. The fourth-order valence-corrected chi connectivity index (χ4v) is 2.93. The second kappa shape index (κ2) is 7.53. The van der Waals surface area contributed by atoms with Gasteiger partial charge in [0.25, 0.3) is 5.91 Å². The maximum Gasteiger partial charge on any atom is 0.273 e. The summed E-state index contributed by atoms with van der Waals surface area (Å²) in [6.45, 7) is 6.32. The maximum absolute atomic E-state index is 12.6. The van der Waals surface area contributed by atoms with Gasteiger partial charge in [-0.05, 0) is 39.0 Å². The number of ether oxygens (including phenoxy) is 2. The summed E-state index contributed by atoms with van der Waals surface area (Å²) in [5.41, 5.74) is 4.43. The van der Waals surface area contributed by atoms with E-state index in [-0.39, 0.29) is 5.91 Å². The lowest BCUT2D eigenvalue weighted by molar-refractivity contribution is 0.102. The lowest BCUT2D eigenvalue weighted by atomic mass is 10.1. The SMILES string of the molecule is CCOc1ccc(NC(=O)c2cc(-c3c(C)nn(C)c3C)n[nH]2)cc1OC. The minimum Gasteiger partial charge on any atom is -0.493 e. The molecule has 2 N–H and O–H groups in total. The molecule has 0 fully saturated rings. The topological polar surface area (TPSA) is 94.1 Å². The summed E-state index contributed by atoms with van der Waals surface area (Å²) in [5.74, 6) is 0.894. The molecule has 0 aliphatic heterocycles. The number of methoxy groups -OCH3 is 1. The molecule has 0 atom stereocenters. The summed E-state index contributed by atoms with van der Waals surface area (Å²) in [5, 5.41) is 14.3. The number of carbonyl (C=O) groups is 1. The molecule has 142 valence electrons. The van der Waals surface area contributed by atoms with E-state index in [9.17, 15) is 4.79 Å². The summed E-state index contributed by atoms with van der Waals surface area (Å²) >= 11 is 0. The normalized spacial score (nSPS) is 10.7. The summed E-state index contributed by atoms with van der Waals surface area (Å²) in [4.78, 5) is 12.6. The maximum atomic E-state index is 12.6. The molecule has 3 rings (SSSR count). The summed E-state index contributed by atoms with van der Waals surface area (Å²) in [6.07, 6.45) is 0. The smallest absolute Gasteiger partial charge is 0.273 e. The number of amides is 1. The Labute approximate surface area is 157 Å². The number of hydrogen-bond acceptors (Lipinski definition) is 5. The molecule has 0 unspecified atom stereocenters. The first-order chi connectivity index (χ1) is 12.9. The van der Waals surface area contributed by atoms with E-state index in [4.69, 9.17) is 9.47 Å². The zero-order valence-electron chi connectivity index (χ0n) is 16.1. The number of aromatic amines is 1. The number of nitrogens with zero attached hydrogens (tertiary/aromatic N) is 3. The van der Waals surface area contributed by atoms with Crippen LogP contribution in [0.25, 0.3) is 11.3 Å². The van der Waals surface area contributed by atoms with Crippen LogP contribution in [0.1, 0.15) is 28.8 Å². The predicted molar refractivity (Wildman–Crippen MR) is 102 cm³/mol. The molecule has 0 radical (unpaired) electrons. The lowest BCUT2D eigenvalue weighted by Gasteiger charge is -2.11. The highest BCUT2D eigenvalue weighted by molar-refractivity contribution is 6.03. The standard InChI is InChI=1S/C19H23N5O3/c1-6-27-16-8-7-13(9-17(16)26-5)20-19(25)15-10-14(21-22-15)18-11(2)23-24(4)12(18)3/h7-10H,6H2,1-5H3,(H,20,25)(H,21,22). The van der Waals surface area contributed by atoms with Gasteiger partial charge in [-0.1, -0.05) is 0 Å². The molecule has 0 saturated carbocycles. The van der Waals surface area contributed by atoms with Gasteiger partial charge in [0, 0.05) is 30.1 Å². The van der Waals surface area contributed by atoms with Gasteiger partial charge in [0.15, 0.2) is 11.5 Å². The van der Waals surface area contributed by atoms with Gasteiger partial charge >= 0.3 is 0 Å². The summed E-state index contributed by atoms with van der Waals surface area (Å²) in [7, 11) is 3.44. The van der Waals surface area contributed by atoms with E-state index in [1.807, 2.05) is 27.8 Å². The van der Waals surface area contributed by atoms with Crippen LogP contribution in [-0.4, -0.2) is 39.6 Å². The largest absolute Gasteiger partial charge is 0.493 e. The van der Waals surface area contributed by atoms with E-state index in [0.29, 0.717) is 35.2 Å². The molecule has 0 spiro atoms. The molecular weight excluding hydrogens is 346 g/mol. The van der Waals surface area contributed by atoms with Crippen LogP contribution in [0.15, 0.2) is 24.3 Å². The number of aryl methyl sites for hydroxylation is 2. The number of hydrogen-bond donors (Lipinski definition) is 2. The van der Waals surface area contributed by atoms with Gasteiger partial charge in [0.05, 0.1) is 25.1 Å². The first-order valence-electron chi connectivity index (χ1n) is 8.62. The molecule has 2 heterocycles. The number of nitrogens with one attached hydrogen (secondary N) is 2. The third kappa shape index (κ3) is 3.64. The Morgan fingerprint density at radius 3 is 2.67 bits per heavy atom. The number of rotatable bonds is 6. The van der Waals surface area contributed by atoms with Crippen LogP contribution in [0.2, 0.25) is 0 Å². The minimum absolute atomic E-state index is 0.292. The number of H-pyrrole nitrogens is 1. The van der Waals surface area contributed by atoms with Crippen molar-refractivity contribution in [3.63, 3.8) is 0 Å². The van der Waals surface area contributed by atoms with Crippen molar-refractivity contribution in [2.45, 2.75) is 20.8 Å². The highest BCUT2D eigenvalue weighted by Crippen LogP contribution is 2.30. The Morgan fingerprint density at radius 2 is 2.04 bits per heavy atom. The first kappa shape index (κ1) is 18.5. The summed E-state index contributed by atoms with van der Waals surface area (Å²) < 4.78 is 12.6. The number of anilines is 1. The Morgan fingerprint density at radius 1 is 1.26 bits per heavy atom. The van der Waals surface area contributed by atoms with Crippen molar-refractivity contribution in [1.29, 1.82) is 0 Å². The molecule has 3 aromatic rings. The van der Waals surface area contributed by atoms with Crippen LogP contribution in [0, 0.1) is 13.8 Å². The number of aromatic nitrogens is 4. The molecule has 0 aliphatic carbocycles. The highest BCUT2D eigenvalue weighted by Gasteiger charge is 2.17. The van der Waals surface area contributed by atoms with E-state index < -0.39 is 0 Å². The van der Waals surface area contributed by atoms with Gasteiger partial charge in [0.2, 0.25) is 0 Å². The Hall–Kier alpha value is -3.29. The van der Waals surface area contributed by atoms with Gasteiger partial charge in [-0.3, -0.25) is 14.6 Å². The molecule has 0 bridgehead atoms. The van der Waals surface area contributed by atoms with Crippen molar-refractivity contribution in [2.24, 2.45) is 7.05 Å². The first-order valence-corrected chi connectivity index (χ1v) is 8.62. The Bertz CT molecular complexity index is 974. The van der Waals surface area contributed by atoms with Gasteiger partial charge in [-0.25, -0.2) is 0 Å². The molecule has 8 nitrogen and oxygen atoms in total. The van der Waals surface area contributed by atoms with E-state index in [1.54, 1.807) is 36.1 Å². The number of carbonyl (C=O) groups excluding carboxylic acids is 1. The van der Waals surface area contributed by atoms with E-state index in [0.717, 1.165) is 17.0 Å². The van der Waals surface area contributed by atoms with Crippen LogP contribution in [0.3, 0.4) is 0 Å². The number of benzene rings is 1. The van der Waals surface area contributed by atoms with Gasteiger partial charge < -0.3 is 14.8 Å². The Kier molecular flexibility index (Phi) is 5.16. The van der Waals surface area contributed by atoms with Crippen molar-refractivity contribution in [2.75, 3.05) is 19.0 Å².